The summed E-state index contributed by atoms with van der Waals surface area (Å²) in [6.45, 7) is 10.6. The molecule has 0 bridgehead atoms. The van der Waals surface area contributed by atoms with Crippen molar-refractivity contribution in [1.82, 2.24) is 5.32 Å². The zero-order valence-corrected chi connectivity index (χ0v) is 21.7. The summed E-state index contributed by atoms with van der Waals surface area (Å²) >= 11 is 0. The van der Waals surface area contributed by atoms with Crippen molar-refractivity contribution >= 4 is 23.1 Å². The van der Waals surface area contributed by atoms with E-state index in [1.54, 1.807) is 37.5 Å². The van der Waals surface area contributed by atoms with Crippen LogP contribution >= 0.6 is 0 Å². The molecule has 0 radical (unpaired) electrons. The van der Waals surface area contributed by atoms with E-state index in [1.165, 1.54) is 5.56 Å². The van der Waals surface area contributed by atoms with E-state index in [9.17, 15) is 9.59 Å². The van der Waals surface area contributed by atoms with Crippen LogP contribution < -0.4 is 15.4 Å². The van der Waals surface area contributed by atoms with Gasteiger partial charge in [-0.05, 0) is 93.8 Å². The van der Waals surface area contributed by atoms with E-state index < -0.39 is 0 Å². The predicted octanol–water partition coefficient (Wildman–Crippen LogP) is 6.31. The molecule has 0 unspecified atom stereocenters. The molecule has 0 saturated heterocycles. The highest BCUT2D eigenvalue weighted by molar-refractivity contribution is 6.09. The smallest absolute Gasteiger partial charge is 0.252 e. The SMILES string of the molecule is COc1ccc2c(c1)/C(=C/C(=O)c1ccc(NC(=O)C3=C(C)CCCC3(C)C)cc1)NC(C)(C)C2. The lowest BCUT2D eigenvalue weighted by molar-refractivity contribution is -0.114. The van der Waals surface area contributed by atoms with Gasteiger partial charge in [0.2, 0.25) is 0 Å². The molecule has 4 rings (SSSR count). The fraction of sp³-hybridized carbons (Fsp3) is 0.400. The third-order valence-electron chi connectivity index (χ3n) is 7.10. The molecule has 184 valence electrons. The van der Waals surface area contributed by atoms with Gasteiger partial charge in [-0.15, -0.1) is 0 Å². The fourth-order valence-corrected chi connectivity index (χ4v) is 5.40. The van der Waals surface area contributed by atoms with Crippen molar-refractivity contribution in [3.63, 3.8) is 0 Å². The Morgan fingerprint density at radius 2 is 1.77 bits per heavy atom. The van der Waals surface area contributed by atoms with E-state index in [-0.39, 0.29) is 22.6 Å². The summed E-state index contributed by atoms with van der Waals surface area (Å²) in [5.41, 5.74) is 5.97. The van der Waals surface area contributed by atoms with E-state index in [0.717, 1.165) is 53.8 Å². The molecular weight excluding hydrogens is 436 g/mol. The second-order valence-electron chi connectivity index (χ2n) is 11.1. The number of allylic oxidation sites excluding steroid dienone is 2. The van der Waals surface area contributed by atoms with Gasteiger partial charge in [0.1, 0.15) is 5.75 Å². The van der Waals surface area contributed by atoms with Crippen molar-refractivity contribution in [2.75, 3.05) is 12.4 Å². The van der Waals surface area contributed by atoms with Gasteiger partial charge in [-0.3, -0.25) is 9.59 Å². The minimum atomic E-state index is -0.165. The van der Waals surface area contributed by atoms with E-state index in [0.29, 0.717) is 11.3 Å². The number of fused-ring (bicyclic) bond motifs is 1. The standard InChI is InChI=1S/C30H36N2O3/c1-19-8-7-15-29(2,3)27(19)28(34)31-22-12-9-20(10-13-22)26(33)17-25-24-16-23(35-6)14-11-21(24)18-30(4,5)32-25/h9-14,16-17,32H,7-8,15,18H2,1-6H3,(H,31,34)/b25-17-. The van der Waals surface area contributed by atoms with Crippen LogP contribution in [0.1, 0.15) is 75.4 Å². The molecule has 0 spiro atoms. The third kappa shape index (κ3) is 5.34. The lowest BCUT2D eigenvalue weighted by Gasteiger charge is -2.35. The second kappa shape index (κ2) is 9.37. The Morgan fingerprint density at radius 1 is 1.06 bits per heavy atom. The molecule has 35 heavy (non-hydrogen) atoms. The molecule has 0 saturated carbocycles. The highest BCUT2D eigenvalue weighted by Crippen LogP contribution is 2.40. The van der Waals surface area contributed by atoms with Gasteiger partial charge in [0.05, 0.1) is 7.11 Å². The molecule has 2 aromatic carbocycles. The summed E-state index contributed by atoms with van der Waals surface area (Å²) in [5, 5.41) is 6.54. The van der Waals surface area contributed by atoms with Crippen LogP contribution in [0.3, 0.4) is 0 Å². The molecule has 0 aromatic heterocycles. The van der Waals surface area contributed by atoms with E-state index >= 15 is 0 Å². The average Bonchev–Trinajstić information content (AvgIpc) is 2.78. The van der Waals surface area contributed by atoms with Crippen molar-refractivity contribution in [1.29, 1.82) is 0 Å². The Morgan fingerprint density at radius 3 is 2.43 bits per heavy atom. The molecule has 2 aliphatic rings. The zero-order chi connectivity index (χ0) is 25.4. The number of hydrogen-bond acceptors (Lipinski definition) is 4. The van der Waals surface area contributed by atoms with Crippen LogP contribution in [0.2, 0.25) is 0 Å². The molecule has 1 aliphatic carbocycles. The maximum Gasteiger partial charge on any atom is 0.252 e. The largest absolute Gasteiger partial charge is 0.497 e. The molecule has 5 nitrogen and oxygen atoms in total. The highest BCUT2D eigenvalue weighted by Gasteiger charge is 2.33. The van der Waals surface area contributed by atoms with Gasteiger partial charge in [0.15, 0.2) is 5.78 Å². The number of nitrogens with one attached hydrogen (secondary N) is 2. The van der Waals surface area contributed by atoms with Gasteiger partial charge in [0.25, 0.3) is 5.91 Å². The number of carbonyl (C=O) groups is 2. The third-order valence-corrected chi connectivity index (χ3v) is 7.10. The molecule has 2 N–H and O–H groups in total. The predicted molar refractivity (Wildman–Crippen MR) is 142 cm³/mol. The molecule has 2 aromatic rings. The summed E-state index contributed by atoms with van der Waals surface area (Å²) in [7, 11) is 1.64. The lowest BCUT2D eigenvalue weighted by Crippen LogP contribution is -2.43. The molecule has 1 amide bonds. The topological polar surface area (TPSA) is 67.4 Å². The van der Waals surface area contributed by atoms with Crippen LogP contribution in [0.25, 0.3) is 5.70 Å². The number of ketones is 1. The van der Waals surface area contributed by atoms with Crippen LogP contribution in [0.4, 0.5) is 5.69 Å². The summed E-state index contributed by atoms with van der Waals surface area (Å²) in [6.07, 6.45) is 5.61. The first kappa shape index (κ1) is 24.8. The van der Waals surface area contributed by atoms with Gasteiger partial charge in [0, 0.05) is 39.7 Å². The fourth-order valence-electron chi connectivity index (χ4n) is 5.40. The normalized spacial score (nSPS) is 19.5. The molecule has 0 fully saturated rings. The minimum Gasteiger partial charge on any atom is -0.497 e. The summed E-state index contributed by atoms with van der Waals surface area (Å²) in [4.78, 5) is 26.2. The number of carbonyl (C=O) groups excluding carboxylic acids is 2. The number of anilines is 1. The first-order valence-corrected chi connectivity index (χ1v) is 12.3. The number of amides is 1. The highest BCUT2D eigenvalue weighted by atomic mass is 16.5. The molecule has 0 atom stereocenters. The van der Waals surface area contributed by atoms with Crippen LogP contribution in [-0.2, 0) is 11.2 Å². The quantitative estimate of drug-likeness (QED) is 0.395. The Bertz CT molecular complexity index is 1220. The van der Waals surface area contributed by atoms with Crippen molar-refractivity contribution in [3.8, 4) is 5.75 Å². The van der Waals surface area contributed by atoms with Gasteiger partial charge < -0.3 is 15.4 Å². The maximum absolute atomic E-state index is 13.2. The van der Waals surface area contributed by atoms with Crippen LogP contribution in [0, 0.1) is 5.41 Å². The lowest BCUT2D eigenvalue weighted by atomic mass is 9.72. The Hall–Kier alpha value is -3.34. The Kier molecular flexibility index (Phi) is 6.63. The minimum absolute atomic E-state index is 0.0485. The van der Waals surface area contributed by atoms with Crippen LogP contribution in [-0.4, -0.2) is 24.3 Å². The second-order valence-corrected chi connectivity index (χ2v) is 11.1. The number of ether oxygens (including phenoxy) is 1. The number of benzene rings is 2. The molecule has 5 heteroatoms. The van der Waals surface area contributed by atoms with Crippen molar-refractivity contribution in [2.24, 2.45) is 5.41 Å². The maximum atomic E-state index is 13.2. The van der Waals surface area contributed by atoms with Crippen molar-refractivity contribution in [2.45, 2.75) is 65.8 Å². The van der Waals surface area contributed by atoms with Crippen molar-refractivity contribution in [3.05, 3.63) is 76.4 Å². The van der Waals surface area contributed by atoms with E-state index in [2.05, 4.69) is 51.3 Å². The first-order chi connectivity index (χ1) is 16.5. The van der Waals surface area contributed by atoms with Gasteiger partial charge in [-0.2, -0.15) is 0 Å². The number of rotatable bonds is 5. The van der Waals surface area contributed by atoms with Gasteiger partial charge in [-0.25, -0.2) is 0 Å². The van der Waals surface area contributed by atoms with Crippen LogP contribution in [0.15, 0.2) is 59.7 Å². The summed E-state index contributed by atoms with van der Waals surface area (Å²) in [6, 6.07) is 13.1. The Labute approximate surface area is 208 Å². The first-order valence-electron chi connectivity index (χ1n) is 12.3. The number of hydrogen-bond donors (Lipinski definition) is 2. The zero-order valence-electron chi connectivity index (χ0n) is 21.7. The summed E-state index contributed by atoms with van der Waals surface area (Å²) in [5.74, 6) is 0.617. The number of methoxy groups -OCH3 is 1. The van der Waals surface area contributed by atoms with Crippen molar-refractivity contribution < 1.29 is 14.3 Å². The van der Waals surface area contributed by atoms with Gasteiger partial charge >= 0.3 is 0 Å². The monoisotopic (exact) mass is 472 g/mol. The molecule has 1 heterocycles. The van der Waals surface area contributed by atoms with E-state index in [1.807, 2.05) is 12.1 Å². The average molecular weight is 473 g/mol. The van der Waals surface area contributed by atoms with E-state index in [4.69, 9.17) is 4.74 Å². The van der Waals surface area contributed by atoms with Gasteiger partial charge in [-0.1, -0.05) is 25.5 Å². The van der Waals surface area contributed by atoms with Crippen LogP contribution in [0.5, 0.6) is 5.75 Å². The molecular formula is C30H36N2O3. The summed E-state index contributed by atoms with van der Waals surface area (Å²) < 4.78 is 5.40. The Balaban J connectivity index is 1.55. The molecule has 1 aliphatic heterocycles.